The SMILES string of the molecule is CN(C)C(=O)N1CCC(CC(=O)NO)CC1. The van der Waals surface area contributed by atoms with Gasteiger partial charge in [0.2, 0.25) is 5.91 Å². The van der Waals surface area contributed by atoms with Crippen molar-refractivity contribution in [1.29, 1.82) is 0 Å². The van der Waals surface area contributed by atoms with Crippen LogP contribution in [0.4, 0.5) is 4.79 Å². The normalized spacial score (nSPS) is 17.1. The summed E-state index contributed by atoms with van der Waals surface area (Å²) in [5.74, 6) is -0.0873. The van der Waals surface area contributed by atoms with Crippen LogP contribution in [-0.2, 0) is 4.79 Å². The third-order valence-electron chi connectivity index (χ3n) is 2.87. The first-order chi connectivity index (χ1) is 7.54. The minimum atomic E-state index is -0.350. The Morgan fingerprint density at radius 3 is 2.38 bits per heavy atom. The van der Waals surface area contributed by atoms with Crippen LogP contribution in [0.15, 0.2) is 0 Å². The van der Waals surface area contributed by atoms with Crippen LogP contribution >= 0.6 is 0 Å². The van der Waals surface area contributed by atoms with Gasteiger partial charge in [-0.25, -0.2) is 10.3 Å². The number of hydrogen-bond acceptors (Lipinski definition) is 3. The Labute approximate surface area is 95.2 Å². The molecule has 2 N–H and O–H groups in total. The monoisotopic (exact) mass is 229 g/mol. The van der Waals surface area contributed by atoms with Gasteiger partial charge in [0, 0.05) is 33.6 Å². The molecule has 0 atom stereocenters. The van der Waals surface area contributed by atoms with Gasteiger partial charge in [0.1, 0.15) is 0 Å². The highest BCUT2D eigenvalue weighted by Gasteiger charge is 2.24. The number of nitrogens with one attached hydrogen (secondary N) is 1. The molecule has 0 radical (unpaired) electrons. The lowest BCUT2D eigenvalue weighted by Crippen LogP contribution is -2.44. The number of hydrogen-bond donors (Lipinski definition) is 2. The Morgan fingerprint density at radius 2 is 1.94 bits per heavy atom. The fourth-order valence-corrected chi connectivity index (χ4v) is 1.92. The van der Waals surface area contributed by atoms with Gasteiger partial charge in [-0.15, -0.1) is 0 Å². The maximum Gasteiger partial charge on any atom is 0.319 e. The van der Waals surface area contributed by atoms with Gasteiger partial charge in [-0.2, -0.15) is 0 Å². The molecule has 16 heavy (non-hydrogen) atoms. The van der Waals surface area contributed by atoms with Crippen LogP contribution in [0.5, 0.6) is 0 Å². The highest BCUT2D eigenvalue weighted by atomic mass is 16.5. The number of rotatable bonds is 2. The molecule has 6 nitrogen and oxygen atoms in total. The fourth-order valence-electron chi connectivity index (χ4n) is 1.92. The van der Waals surface area contributed by atoms with Crippen molar-refractivity contribution in [2.75, 3.05) is 27.2 Å². The van der Waals surface area contributed by atoms with Crippen molar-refractivity contribution in [2.24, 2.45) is 5.92 Å². The van der Waals surface area contributed by atoms with Gasteiger partial charge in [-0.3, -0.25) is 10.0 Å². The van der Waals surface area contributed by atoms with Crippen molar-refractivity contribution in [3.05, 3.63) is 0 Å². The van der Waals surface area contributed by atoms with E-state index < -0.39 is 0 Å². The second kappa shape index (κ2) is 5.69. The topological polar surface area (TPSA) is 72.9 Å². The molecule has 1 rings (SSSR count). The second-order valence-electron chi connectivity index (χ2n) is 4.35. The average Bonchev–Trinajstić information content (AvgIpc) is 2.28. The highest BCUT2D eigenvalue weighted by molar-refractivity contribution is 5.75. The van der Waals surface area contributed by atoms with E-state index in [2.05, 4.69) is 0 Å². The van der Waals surface area contributed by atoms with E-state index in [1.54, 1.807) is 29.4 Å². The molecule has 1 fully saturated rings. The third-order valence-corrected chi connectivity index (χ3v) is 2.87. The Bertz CT molecular complexity index is 260. The van der Waals surface area contributed by atoms with Gasteiger partial charge in [0.05, 0.1) is 0 Å². The summed E-state index contributed by atoms with van der Waals surface area (Å²) in [5, 5.41) is 8.41. The Balaban J connectivity index is 2.34. The van der Waals surface area contributed by atoms with Gasteiger partial charge < -0.3 is 9.80 Å². The summed E-state index contributed by atoms with van der Waals surface area (Å²) in [6, 6.07) is 0.0186. The van der Waals surface area contributed by atoms with Crippen LogP contribution in [0.25, 0.3) is 0 Å². The summed E-state index contributed by atoms with van der Waals surface area (Å²) >= 11 is 0. The van der Waals surface area contributed by atoms with Gasteiger partial charge >= 0.3 is 6.03 Å². The van der Waals surface area contributed by atoms with Crippen LogP contribution < -0.4 is 5.48 Å². The molecule has 0 spiro atoms. The summed E-state index contributed by atoms with van der Waals surface area (Å²) < 4.78 is 0. The zero-order valence-corrected chi connectivity index (χ0v) is 9.77. The van der Waals surface area contributed by atoms with E-state index in [0.717, 1.165) is 12.8 Å². The molecule has 0 aromatic rings. The molecule has 3 amide bonds. The molecular weight excluding hydrogens is 210 g/mol. The van der Waals surface area contributed by atoms with E-state index in [1.165, 1.54) is 0 Å². The summed E-state index contributed by atoms with van der Waals surface area (Å²) in [6.07, 6.45) is 1.96. The van der Waals surface area contributed by atoms with Crippen molar-refractivity contribution in [2.45, 2.75) is 19.3 Å². The van der Waals surface area contributed by atoms with Crippen molar-refractivity contribution in [3.8, 4) is 0 Å². The number of nitrogens with zero attached hydrogens (tertiary/aromatic N) is 2. The second-order valence-corrected chi connectivity index (χ2v) is 4.35. The summed E-state index contributed by atoms with van der Waals surface area (Å²) in [5.41, 5.74) is 1.64. The minimum absolute atomic E-state index is 0.0186. The summed E-state index contributed by atoms with van der Waals surface area (Å²) in [6.45, 7) is 1.36. The van der Waals surface area contributed by atoms with Crippen LogP contribution in [0.1, 0.15) is 19.3 Å². The first kappa shape index (κ1) is 12.8. The van der Waals surface area contributed by atoms with Gasteiger partial charge in [-0.1, -0.05) is 0 Å². The predicted molar refractivity (Wildman–Crippen MR) is 57.9 cm³/mol. The maximum absolute atomic E-state index is 11.6. The molecule has 92 valence electrons. The lowest BCUT2D eigenvalue weighted by molar-refractivity contribution is -0.130. The van der Waals surface area contributed by atoms with E-state index in [-0.39, 0.29) is 17.9 Å². The number of carbonyl (C=O) groups excluding carboxylic acids is 2. The standard InChI is InChI=1S/C10H19N3O3/c1-12(2)10(15)13-5-3-8(4-6-13)7-9(14)11-16/h8,16H,3-7H2,1-2H3,(H,11,14). The summed E-state index contributed by atoms with van der Waals surface area (Å²) in [4.78, 5) is 25.9. The third kappa shape index (κ3) is 3.37. The number of hydroxylamine groups is 1. The number of piperidine rings is 1. The quantitative estimate of drug-likeness (QED) is 0.527. The smallest absolute Gasteiger partial charge is 0.319 e. The minimum Gasteiger partial charge on any atom is -0.331 e. The average molecular weight is 229 g/mol. The van der Waals surface area contributed by atoms with Crippen LogP contribution in [-0.4, -0.2) is 54.1 Å². The molecule has 1 heterocycles. The van der Waals surface area contributed by atoms with Crippen LogP contribution in [0.3, 0.4) is 0 Å². The molecule has 0 aromatic carbocycles. The van der Waals surface area contributed by atoms with Gasteiger partial charge in [0.25, 0.3) is 0 Å². The predicted octanol–water partition coefficient (Wildman–Crippen LogP) is 0.276. The lowest BCUT2D eigenvalue weighted by Gasteiger charge is -2.33. The largest absolute Gasteiger partial charge is 0.331 e. The van der Waals surface area contributed by atoms with E-state index in [4.69, 9.17) is 5.21 Å². The molecule has 0 unspecified atom stereocenters. The number of likely N-dealkylation sites (tertiary alicyclic amines) is 1. The molecule has 0 bridgehead atoms. The molecule has 0 aromatic heterocycles. The van der Waals surface area contributed by atoms with Crippen molar-refractivity contribution in [1.82, 2.24) is 15.3 Å². The molecule has 0 aliphatic carbocycles. The maximum atomic E-state index is 11.6. The Kier molecular flexibility index (Phi) is 4.54. The van der Waals surface area contributed by atoms with E-state index in [1.807, 2.05) is 0 Å². The molecule has 0 saturated carbocycles. The molecule has 1 saturated heterocycles. The van der Waals surface area contributed by atoms with Crippen LogP contribution in [0.2, 0.25) is 0 Å². The van der Waals surface area contributed by atoms with Gasteiger partial charge in [0.15, 0.2) is 0 Å². The highest BCUT2D eigenvalue weighted by Crippen LogP contribution is 2.20. The van der Waals surface area contributed by atoms with Crippen molar-refractivity contribution >= 4 is 11.9 Å². The molecule has 1 aliphatic heterocycles. The number of urea groups is 1. The molecule has 6 heteroatoms. The zero-order chi connectivity index (χ0) is 12.1. The number of carbonyl (C=O) groups is 2. The fraction of sp³-hybridized carbons (Fsp3) is 0.800. The first-order valence-electron chi connectivity index (χ1n) is 5.43. The molecular formula is C10H19N3O3. The van der Waals surface area contributed by atoms with Gasteiger partial charge in [-0.05, 0) is 18.8 Å². The first-order valence-corrected chi connectivity index (χ1v) is 5.43. The molecule has 1 aliphatic rings. The Morgan fingerprint density at radius 1 is 1.38 bits per heavy atom. The lowest BCUT2D eigenvalue weighted by atomic mass is 9.93. The zero-order valence-electron chi connectivity index (χ0n) is 9.77. The van der Waals surface area contributed by atoms with E-state index in [0.29, 0.717) is 19.5 Å². The van der Waals surface area contributed by atoms with E-state index >= 15 is 0 Å². The van der Waals surface area contributed by atoms with Crippen molar-refractivity contribution < 1.29 is 14.8 Å². The van der Waals surface area contributed by atoms with E-state index in [9.17, 15) is 9.59 Å². The van der Waals surface area contributed by atoms with Crippen LogP contribution in [0, 0.1) is 5.92 Å². The number of amides is 3. The van der Waals surface area contributed by atoms with Crippen molar-refractivity contribution in [3.63, 3.8) is 0 Å². The summed E-state index contributed by atoms with van der Waals surface area (Å²) in [7, 11) is 3.46. The Hall–Kier alpha value is -1.30.